The topological polar surface area (TPSA) is 17.1 Å². The van der Waals surface area contributed by atoms with Crippen LogP contribution in [0.5, 0.6) is 0 Å². The number of carbonyl (C=O) groups is 1. The molecular weight excluding hydrogens is 570 g/mol. The van der Waals surface area contributed by atoms with Gasteiger partial charge in [-0.05, 0) is 97.3 Å². The predicted molar refractivity (Wildman–Crippen MR) is 191 cm³/mol. The van der Waals surface area contributed by atoms with E-state index in [0.717, 1.165) is 127 Å². The van der Waals surface area contributed by atoms with E-state index in [4.69, 9.17) is 0 Å². The van der Waals surface area contributed by atoms with E-state index in [0.29, 0.717) is 30.5 Å². The summed E-state index contributed by atoms with van der Waals surface area (Å²) in [5, 5.41) is 0. The smallest absolute Gasteiger partial charge is 0.132 e. The minimum atomic E-state index is -0.725. The summed E-state index contributed by atoms with van der Waals surface area (Å²) < 4.78 is 30.1. The van der Waals surface area contributed by atoms with Crippen LogP contribution in [-0.2, 0) is 30.5 Å². The Morgan fingerprint density at radius 3 is 1.26 bits per heavy atom. The van der Waals surface area contributed by atoms with Gasteiger partial charge in [0.15, 0.2) is 0 Å². The number of Topliss-reactive ketones (excluding diaryl/α,β-unsaturated/α-hetero) is 1. The van der Waals surface area contributed by atoms with Crippen molar-refractivity contribution in [2.24, 2.45) is 23.7 Å². The second-order valence-corrected chi connectivity index (χ2v) is 15.2. The van der Waals surface area contributed by atoms with Crippen molar-refractivity contribution in [2.45, 2.75) is 167 Å². The van der Waals surface area contributed by atoms with Crippen LogP contribution in [0.25, 0.3) is 0 Å². The highest BCUT2D eigenvalue weighted by atomic mass is 19.1. The fourth-order valence-corrected chi connectivity index (χ4v) is 8.36. The van der Waals surface area contributed by atoms with E-state index >= 15 is 8.78 Å². The van der Waals surface area contributed by atoms with Crippen molar-refractivity contribution in [1.82, 2.24) is 0 Å². The Morgan fingerprint density at radius 2 is 0.913 bits per heavy atom. The van der Waals surface area contributed by atoms with Crippen molar-refractivity contribution in [3.63, 3.8) is 0 Å². The Bertz CT molecular complexity index is 1010. The molecule has 0 heterocycles. The summed E-state index contributed by atoms with van der Waals surface area (Å²) in [7, 11) is 0. The van der Waals surface area contributed by atoms with Gasteiger partial charge in [0.1, 0.15) is 18.1 Å². The van der Waals surface area contributed by atoms with Crippen molar-refractivity contribution >= 4 is 5.78 Å². The van der Waals surface area contributed by atoms with E-state index in [1.54, 1.807) is 0 Å². The van der Waals surface area contributed by atoms with Crippen LogP contribution in [0.15, 0.2) is 48.5 Å². The van der Waals surface area contributed by atoms with E-state index in [1.807, 2.05) is 0 Å². The van der Waals surface area contributed by atoms with Gasteiger partial charge in [-0.3, -0.25) is 4.79 Å². The number of hydrogen-bond donors (Lipinski definition) is 0. The minimum Gasteiger partial charge on any atom is -0.300 e. The van der Waals surface area contributed by atoms with Gasteiger partial charge >= 0.3 is 0 Å². The molecule has 2 saturated carbocycles. The average Bonchev–Trinajstić information content (AvgIpc) is 3.07. The number of carbonyl (C=O) groups excluding carboxylic acids is 1. The number of halogens is 2. The zero-order valence-corrected chi connectivity index (χ0v) is 29.3. The summed E-state index contributed by atoms with van der Waals surface area (Å²) in [6.45, 7) is 4.38. The molecule has 46 heavy (non-hydrogen) atoms. The first kappa shape index (κ1) is 36.8. The van der Waals surface area contributed by atoms with Gasteiger partial charge in [0, 0.05) is 25.7 Å². The summed E-state index contributed by atoms with van der Waals surface area (Å²) in [6.07, 6.45) is 20.9. The Hall–Kier alpha value is -2.03. The number of benzene rings is 2. The molecule has 0 saturated heterocycles. The summed E-state index contributed by atoms with van der Waals surface area (Å²) in [5.41, 5.74) is 4.96. The van der Waals surface area contributed by atoms with Gasteiger partial charge in [-0.1, -0.05) is 127 Å². The van der Waals surface area contributed by atoms with Gasteiger partial charge in [0.25, 0.3) is 0 Å². The van der Waals surface area contributed by atoms with Gasteiger partial charge in [0.2, 0.25) is 0 Å². The molecule has 2 atom stereocenters. The molecule has 0 aliphatic heterocycles. The number of unbranched alkanes of at least 4 members (excludes halogenated alkanes) is 2. The number of alkyl halides is 2. The number of ketones is 1. The molecule has 2 aliphatic rings. The largest absolute Gasteiger partial charge is 0.300 e. The maximum Gasteiger partial charge on any atom is 0.132 e. The second-order valence-electron chi connectivity index (χ2n) is 15.2. The Kier molecular flexibility index (Phi) is 16.3. The molecule has 2 aliphatic carbocycles. The van der Waals surface area contributed by atoms with Crippen molar-refractivity contribution in [3.05, 3.63) is 70.8 Å². The van der Waals surface area contributed by atoms with Crippen LogP contribution >= 0.6 is 0 Å². The third kappa shape index (κ3) is 12.9. The highest BCUT2D eigenvalue weighted by Gasteiger charge is 2.29. The molecule has 2 aromatic rings. The van der Waals surface area contributed by atoms with Crippen LogP contribution in [0.2, 0.25) is 0 Å². The molecular formula is C43H64F2O. The lowest BCUT2D eigenvalue weighted by Crippen LogP contribution is -2.24. The first-order valence-electron chi connectivity index (χ1n) is 19.4. The molecule has 0 spiro atoms. The zero-order chi connectivity index (χ0) is 32.6. The molecule has 2 fully saturated rings. The SMILES string of the molecule is CCCc1ccc(CC(F)C2CCC(CCCCC(=O)CCCCC3CCC(C(F)Cc4ccc(CCC)cc4)CC3)CC2)cc1. The normalized spacial score (nSPS) is 23.2. The fourth-order valence-electron chi connectivity index (χ4n) is 8.36. The summed E-state index contributed by atoms with van der Waals surface area (Å²) in [6, 6.07) is 17.1. The lowest BCUT2D eigenvalue weighted by atomic mass is 9.77. The molecule has 256 valence electrons. The molecule has 2 aromatic carbocycles. The van der Waals surface area contributed by atoms with Crippen LogP contribution in [0.4, 0.5) is 8.78 Å². The molecule has 4 rings (SSSR count). The molecule has 0 radical (unpaired) electrons. The van der Waals surface area contributed by atoms with Crippen LogP contribution in [0.3, 0.4) is 0 Å². The Balaban J connectivity index is 0.980. The quantitative estimate of drug-likeness (QED) is 0.132. The van der Waals surface area contributed by atoms with Crippen LogP contribution in [-0.4, -0.2) is 18.1 Å². The zero-order valence-electron chi connectivity index (χ0n) is 29.3. The highest BCUT2D eigenvalue weighted by Crippen LogP contribution is 2.37. The van der Waals surface area contributed by atoms with Crippen molar-refractivity contribution in [1.29, 1.82) is 0 Å². The summed E-state index contributed by atoms with van der Waals surface area (Å²) in [5.74, 6) is 2.28. The minimum absolute atomic E-state index is 0.211. The second kappa shape index (κ2) is 20.4. The molecule has 3 heteroatoms. The van der Waals surface area contributed by atoms with E-state index < -0.39 is 12.3 Å². The van der Waals surface area contributed by atoms with Crippen LogP contribution in [0, 0.1) is 23.7 Å². The molecule has 2 unspecified atom stereocenters. The summed E-state index contributed by atoms with van der Waals surface area (Å²) in [4.78, 5) is 12.5. The first-order valence-corrected chi connectivity index (χ1v) is 19.4. The highest BCUT2D eigenvalue weighted by molar-refractivity contribution is 5.78. The first-order chi connectivity index (χ1) is 22.4. The van der Waals surface area contributed by atoms with Crippen LogP contribution in [0.1, 0.15) is 152 Å². The Morgan fingerprint density at radius 1 is 0.565 bits per heavy atom. The fraction of sp³-hybridized carbons (Fsp3) is 0.698. The summed E-state index contributed by atoms with van der Waals surface area (Å²) >= 11 is 0. The van der Waals surface area contributed by atoms with Crippen molar-refractivity contribution < 1.29 is 13.6 Å². The third-order valence-corrected chi connectivity index (χ3v) is 11.4. The standard InChI is InChI=1S/C43H64F2O/c1-3-9-33-15-19-37(20-16-33)31-42(44)39-27-23-35(24-28-39)11-5-7-13-41(46)14-8-6-12-36-25-29-40(30-26-36)43(45)32-38-21-17-34(10-4-2)18-22-38/h15-22,35-36,39-40,42-43H,3-14,23-32H2,1-2H3. The van der Waals surface area contributed by atoms with E-state index in [9.17, 15) is 4.79 Å². The third-order valence-electron chi connectivity index (χ3n) is 11.4. The average molecular weight is 635 g/mol. The predicted octanol–water partition coefficient (Wildman–Crippen LogP) is 12.4. The van der Waals surface area contributed by atoms with E-state index in [1.165, 1.54) is 24.0 Å². The maximum absolute atomic E-state index is 15.1. The van der Waals surface area contributed by atoms with Gasteiger partial charge in [0.05, 0.1) is 0 Å². The molecule has 0 amide bonds. The molecule has 1 nitrogen and oxygen atoms in total. The monoisotopic (exact) mass is 634 g/mol. The number of aryl methyl sites for hydroxylation is 2. The van der Waals surface area contributed by atoms with Gasteiger partial charge in [-0.15, -0.1) is 0 Å². The van der Waals surface area contributed by atoms with Crippen molar-refractivity contribution in [2.75, 3.05) is 0 Å². The van der Waals surface area contributed by atoms with Gasteiger partial charge in [-0.2, -0.15) is 0 Å². The molecule has 0 bridgehead atoms. The van der Waals surface area contributed by atoms with Gasteiger partial charge < -0.3 is 0 Å². The number of rotatable bonds is 20. The Labute approximate surface area is 280 Å². The molecule has 0 N–H and O–H groups in total. The van der Waals surface area contributed by atoms with Crippen LogP contribution < -0.4 is 0 Å². The van der Waals surface area contributed by atoms with E-state index in [2.05, 4.69) is 62.4 Å². The number of hydrogen-bond acceptors (Lipinski definition) is 1. The lowest BCUT2D eigenvalue weighted by molar-refractivity contribution is -0.119. The lowest BCUT2D eigenvalue weighted by Gasteiger charge is -2.30. The van der Waals surface area contributed by atoms with E-state index in [-0.39, 0.29) is 11.8 Å². The molecule has 0 aromatic heterocycles. The maximum atomic E-state index is 15.1. The van der Waals surface area contributed by atoms with Gasteiger partial charge in [-0.25, -0.2) is 8.78 Å². The van der Waals surface area contributed by atoms with Crippen molar-refractivity contribution in [3.8, 4) is 0 Å².